The average Bonchev–Trinajstić information content (AvgIpc) is 3.21. The molecular weight excluding hydrogens is 466 g/mol. The smallest absolute Gasteiger partial charge is 0.411 e. The second-order valence-electron chi connectivity index (χ2n) is 9.78. The maximum absolute atomic E-state index is 13.4. The molecule has 7 heteroatoms. The molecular formula is C30H33N3O4. The number of amides is 3. The van der Waals surface area contributed by atoms with Gasteiger partial charge in [-0.2, -0.15) is 0 Å². The molecule has 3 aromatic rings. The minimum Gasteiger partial charge on any atom is -0.438 e. The summed E-state index contributed by atoms with van der Waals surface area (Å²) in [5.74, 6) is -0.0707. The topological polar surface area (TPSA) is 87.7 Å². The van der Waals surface area contributed by atoms with Gasteiger partial charge in [0.15, 0.2) is 12.1 Å². The standard InChI is InChI=1S/C30H33N3O4/c1-20(2)16-17-31-29(35)26-27(37-30(36)33(26)19-22-14-12-21(3)13-15-22)24-10-7-11-25(18-24)32-28(34)23-8-5-4-6-9-23/h4-15,18,20,26-27H,16-17,19H2,1-3H3,(H,31,35)(H,32,34). The number of rotatable bonds is 9. The van der Waals surface area contributed by atoms with Crippen molar-refractivity contribution in [1.29, 1.82) is 0 Å². The molecule has 1 fully saturated rings. The molecule has 37 heavy (non-hydrogen) atoms. The molecule has 0 radical (unpaired) electrons. The number of carbonyl (C=O) groups is 3. The van der Waals surface area contributed by atoms with E-state index in [-0.39, 0.29) is 18.4 Å². The summed E-state index contributed by atoms with van der Waals surface area (Å²) in [7, 11) is 0. The van der Waals surface area contributed by atoms with Crippen molar-refractivity contribution in [3.63, 3.8) is 0 Å². The van der Waals surface area contributed by atoms with Gasteiger partial charge in [0.25, 0.3) is 5.91 Å². The molecule has 4 rings (SSSR count). The highest BCUT2D eigenvalue weighted by molar-refractivity contribution is 6.04. The van der Waals surface area contributed by atoms with E-state index >= 15 is 0 Å². The van der Waals surface area contributed by atoms with E-state index in [0.29, 0.717) is 29.3 Å². The number of aryl methyl sites for hydroxylation is 1. The summed E-state index contributed by atoms with van der Waals surface area (Å²) in [4.78, 5) is 40.6. The molecule has 0 aromatic heterocycles. The maximum atomic E-state index is 13.4. The fourth-order valence-corrected chi connectivity index (χ4v) is 4.28. The Morgan fingerprint density at radius 2 is 1.70 bits per heavy atom. The summed E-state index contributed by atoms with van der Waals surface area (Å²) in [6.45, 7) is 6.95. The number of nitrogens with one attached hydrogen (secondary N) is 2. The average molecular weight is 500 g/mol. The molecule has 1 aliphatic rings. The molecule has 0 spiro atoms. The van der Waals surface area contributed by atoms with Crippen LogP contribution in [-0.4, -0.2) is 35.4 Å². The summed E-state index contributed by atoms with van der Waals surface area (Å²) in [5, 5.41) is 5.87. The second-order valence-corrected chi connectivity index (χ2v) is 9.78. The number of carbonyl (C=O) groups excluding carboxylic acids is 3. The van der Waals surface area contributed by atoms with Gasteiger partial charge in [-0.15, -0.1) is 0 Å². The lowest BCUT2D eigenvalue weighted by Crippen LogP contribution is -2.46. The van der Waals surface area contributed by atoms with Crippen LogP contribution in [0, 0.1) is 12.8 Å². The Bertz CT molecular complexity index is 1240. The van der Waals surface area contributed by atoms with Crippen LogP contribution in [-0.2, 0) is 16.1 Å². The van der Waals surface area contributed by atoms with Crippen molar-refractivity contribution in [2.75, 3.05) is 11.9 Å². The summed E-state index contributed by atoms with van der Waals surface area (Å²) >= 11 is 0. The van der Waals surface area contributed by atoms with E-state index in [0.717, 1.165) is 17.5 Å². The van der Waals surface area contributed by atoms with Crippen LogP contribution in [0.15, 0.2) is 78.9 Å². The SMILES string of the molecule is Cc1ccc(CN2C(=O)OC(c3cccc(NC(=O)c4ccccc4)c3)C2C(=O)NCCC(C)C)cc1. The van der Waals surface area contributed by atoms with E-state index in [1.807, 2.05) is 37.3 Å². The Morgan fingerprint density at radius 3 is 2.41 bits per heavy atom. The normalized spacial score (nSPS) is 17.0. The first-order chi connectivity index (χ1) is 17.8. The molecule has 0 saturated carbocycles. The molecule has 192 valence electrons. The van der Waals surface area contributed by atoms with E-state index in [9.17, 15) is 14.4 Å². The Labute approximate surface area is 217 Å². The van der Waals surface area contributed by atoms with Crippen LogP contribution in [0.3, 0.4) is 0 Å². The second kappa shape index (κ2) is 11.7. The zero-order valence-electron chi connectivity index (χ0n) is 21.4. The number of ether oxygens (including phenoxy) is 1. The first kappa shape index (κ1) is 25.9. The molecule has 0 aliphatic carbocycles. The van der Waals surface area contributed by atoms with Gasteiger partial charge in [0.05, 0.1) is 6.54 Å². The highest BCUT2D eigenvalue weighted by Gasteiger charge is 2.47. The van der Waals surface area contributed by atoms with Crippen molar-refractivity contribution in [3.8, 4) is 0 Å². The predicted molar refractivity (Wildman–Crippen MR) is 143 cm³/mol. The van der Waals surface area contributed by atoms with Crippen LogP contribution in [0.4, 0.5) is 10.5 Å². The van der Waals surface area contributed by atoms with Crippen molar-refractivity contribution in [1.82, 2.24) is 10.2 Å². The van der Waals surface area contributed by atoms with Crippen LogP contribution >= 0.6 is 0 Å². The van der Waals surface area contributed by atoms with Gasteiger partial charge in [-0.25, -0.2) is 4.79 Å². The van der Waals surface area contributed by atoms with Gasteiger partial charge in [0, 0.05) is 17.8 Å². The fourth-order valence-electron chi connectivity index (χ4n) is 4.28. The molecule has 2 atom stereocenters. The van der Waals surface area contributed by atoms with Crippen LogP contribution in [0.25, 0.3) is 0 Å². The van der Waals surface area contributed by atoms with Crippen LogP contribution in [0.2, 0.25) is 0 Å². The van der Waals surface area contributed by atoms with Gasteiger partial charge < -0.3 is 15.4 Å². The van der Waals surface area contributed by atoms with Crippen molar-refractivity contribution >= 4 is 23.6 Å². The minimum atomic E-state index is -0.846. The largest absolute Gasteiger partial charge is 0.438 e. The highest BCUT2D eigenvalue weighted by Crippen LogP contribution is 2.35. The quantitative estimate of drug-likeness (QED) is 0.409. The van der Waals surface area contributed by atoms with Crippen molar-refractivity contribution < 1.29 is 19.1 Å². The lowest BCUT2D eigenvalue weighted by molar-refractivity contribution is -0.126. The van der Waals surface area contributed by atoms with Crippen molar-refractivity contribution in [2.45, 2.75) is 45.9 Å². The maximum Gasteiger partial charge on any atom is 0.411 e. The molecule has 7 nitrogen and oxygen atoms in total. The third-order valence-electron chi connectivity index (χ3n) is 6.36. The highest BCUT2D eigenvalue weighted by atomic mass is 16.6. The Balaban J connectivity index is 1.58. The van der Waals surface area contributed by atoms with E-state index in [2.05, 4.69) is 24.5 Å². The van der Waals surface area contributed by atoms with Gasteiger partial charge in [0.2, 0.25) is 5.91 Å². The number of cyclic esters (lactones) is 1. The lowest BCUT2D eigenvalue weighted by atomic mass is 9.99. The number of nitrogens with zero attached hydrogens (tertiary/aromatic N) is 1. The molecule has 2 unspecified atom stereocenters. The fraction of sp³-hybridized carbons (Fsp3) is 0.300. The molecule has 0 bridgehead atoms. The zero-order chi connectivity index (χ0) is 26.4. The van der Waals surface area contributed by atoms with Gasteiger partial charge in [-0.05, 0) is 54.7 Å². The first-order valence-electron chi connectivity index (χ1n) is 12.6. The summed E-state index contributed by atoms with van der Waals surface area (Å²) in [6, 6.07) is 23.0. The third kappa shape index (κ3) is 6.55. The van der Waals surface area contributed by atoms with E-state index in [4.69, 9.17) is 4.74 Å². The summed E-state index contributed by atoms with van der Waals surface area (Å²) < 4.78 is 5.78. The van der Waals surface area contributed by atoms with Gasteiger partial charge in [-0.3, -0.25) is 14.5 Å². The van der Waals surface area contributed by atoms with E-state index in [1.165, 1.54) is 4.90 Å². The molecule has 1 aliphatic heterocycles. The molecule has 1 heterocycles. The predicted octanol–water partition coefficient (Wildman–Crippen LogP) is 5.47. The zero-order valence-corrected chi connectivity index (χ0v) is 21.4. The Kier molecular flexibility index (Phi) is 8.23. The van der Waals surface area contributed by atoms with Gasteiger partial charge in [0.1, 0.15) is 0 Å². The first-order valence-corrected chi connectivity index (χ1v) is 12.6. The van der Waals surface area contributed by atoms with Crippen LogP contribution in [0.1, 0.15) is 53.4 Å². The number of benzene rings is 3. The Hall–Kier alpha value is -4.13. The van der Waals surface area contributed by atoms with Crippen molar-refractivity contribution in [2.24, 2.45) is 5.92 Å². The Morgan fingerprint density at radius 1 is 0.973 bits per heavy atom. The van der Waals surface area contributed by atoms with E-state index < -0.39 is 18.2 Å². The van der Waals surface area contributed by atoms with Crippen molar-refractivity contribution in [3.05, 3.63) is 101 Å². The van der Waals surface area contributed by atoms with Crippen LogP contribution < -0.4 is 10.6 Å². The van der Waals surface area contributed by atoms with Crippen LogP contribution in [0.5, 0.6) is 0 Å². The van der Waals surface area contributed by atoms with Gasteiger partial charge >= 0.3 is 6.09 Å². The molecule has 1 saturated heterocycles. The number of hydrogen-bond donors (Lipinski definition) is 2. The van der Waals surface area contributed by atoms with Gasteiger partial charge in [-0.1, -0.05) is 74.0 Å². The summed E-state index contributed by atoms with van der Waals surface area (Å²) in [5.41, 5.74) is 3.75. The molecule has 3 aromatic carbocycles. The molecule has 2 N–H and O–H groups in total. The monoisotopic (exact) mass is 499 g/mol. The summed E-state index contributed by atoms with van der Waals surface area (Å²) in [6.07, 6.45) is -0.532. The molecule has 3 amide bonds. The lowest BCUT2D eigenvalue weighted by Gasteiger charge is -2.24. The minimum absolute atomic E-state index is 0.245. The number of anilines is 1. The number of hydrogen-bond acceptors (Lipinski definition) is 4. The van der Waals surface area contributed by atoms with E-state index in [1.54, 1.807) is 48.5 Å². The third-order valence-corrected chi connectivity index (χ3v) is 6.36.